The normalized spacial score (nSPS) is 14.3. The molecule has 0 unspecified atom stereocenters. The number of rotatable bonds is 6. The van der Waals surface area contributed by atoms with Crippen LogP contribution in [0.2, 0.25) is 5.02 Å². The molecule has 1 aliphatic heterocycles. The van der Waals surface area contributed by atoms with E-state index in [4.69, 9.17) is 16.3 Å². The molecule has 4 aromatic rings. The molecule has 1 amide bonds. The third kappa shape index (κ3) is 5.21. The highest BCUT2D eigenvalue weighted by Crippen LogP contribution is 2.16. The van der Waals surface area contributed by atoms with Gasteiger partial charge in [0, 0.05) is 43.3 Å². The summed E-state index contributed by atoms with van der Waals surface area (Å²) in [6, 6.07) is 21.7. The third-order valence-electron chi connectivity index (χ3n) is 6.21. The molecule has 0 spiro atoms. The molecule has 1 aliphatic rings. The lowest BCUT2D eigenvalue weighted by molar-refractivity contribution is 0.0620. The molecule has 0 N–H and O–H groups in total. The van der Waals surface area contributed by atoms with Gasteiger partial charge in [0.1, 0.15) is 18.7 Å². The molecule has 0 saturated carbocycles. The lowest BCUT2D eigenvalue weighted by Crippen LogP contribution is -2.49. The Balaban J connectivity index is 1.16. The van der Waals surface area contributed by atoms with Crippen molar-refractivity contribution in [3.8, 4) is 11.4 Å². The Morgan fingerprint density at radius 1 is 0.914 bits per heavy atom. The number of halogens is 1. The molecular weight excluding hydrogens is 464 g/mol. The first-order valence-corrected chi connectivity index (χ1v) is 11.9. The maximum atomic E-state index is 13.0. The zero-order chi connectivity index (χ0) is 24.2. The first-order chi connectivity index (χ1) is 17.1. The zero-order valence-corrected chi connectivity index (χ0v) is 19.9. The first-order valence-electron chi connectivity index (χ1n) is 11.6. The minimum atomic E-state index is -0.133. The maximum Gasteiger partial charge on any atom is 0.265 e. The molecule has 0 aliphatic carbocycles. The molecular formula is C27H25ClN4O3. The highest BCUT2D eigenvalue weighted by atomic mass is 35.5. The van der Waals surface area contributed by atoms with Gasteiger partial charge in [-0.05, 0) is 60.7 Å². The number of hydrogen-bond acceptors (Lipinski definition) is 5. The number of benzene rings is 3. The van der Waals surface area contributed by atoms with Gasteiger partial charge in [-0.1, -0.05) is 23.7 Å². The Morgan fingerprint density at radius 3 is 2.37 bits per heavy atom. The van der Waals surface area contributed by atoms with Crippen LogP contribution in [0, 0.1) is 0 Å². The molecule has 2 heterocycles. The standard InChI is InChI=1S/C27H25ClN4O3/c28-21-7-11-23(12-8-21)35-18-17-30-13-15-31(16-14-30)26(33)20-5-9-22(10-6-20)32-19-29-25-4-2-1-3-24(25)27(32)34/h1-12,19H,13-18H2. The fourth-order valence-corrected chi connectivity index (χ4v) is 4.32. The Hall–Kier alpha value is -3.68. The van der Waals surface area contributed by atoms with Crippen LogP contribution in [-0.4, -0.2) is 64.6 Å². The van der Waals surface area contributed by atoms with Gasteiger partial charge in [-0.25, -0.2) is 4.98 Å². The van der Waals surface area contributed by atoms with Gasteiger partial charge in [-0.2, -0.15) is 0 Å². The molecule has 0 bridgehead atoms. The highest BCUT2D eigenvalue weighted by Gasteiger charge is 2.22. The summed E-state index contributed by atoms with van der Waals surface area (Å²) < 4.78 is 7.28. The molecule has 5 rings (SSSR count). The second-order valence-electron chi connectivity index (χ2n) is 8.42. The molecule has 178 valence electrons. The number of hydrogen-bond donors (Lipinski definition) is 0. The van der Waals surface area contributed by atoms with Crippen molar-refractivity contribution in [3.05, 3.63) is 100 Å². The van der Waals surface area contributed by atoms with E-state index in [0.717, 1.165) is 25.4 Å². The lowest BCUT2D eigenvalue weighted by atomic mass is 10.1. The Morgan fingerprint density at radius 2 is 1.63 bits per heavy atom. The molecule has 35 heavy (non-hydrogen) atoms. The van der Waals surface area contributed by atoms with E-state index in [1.807, 2.05) is 47.4 Å². The Kier molecular flexibility index (Phi) is 6.79. The van der Waals surface area contributed by atoms with E-state index in [0.29, 0.717) is 46.9 Å². The molecule has 0 radical (unpaired) electrons. The SMILES string of the molecule is O=C(c1ccc(-n2cnc3ccccc3c2=O)cc1)N1CCN(CCOc2ccc(Cl)cc2)CC1. The van der Waals surface area contributed by atoms with E-state index < -0.39 is 0 Å². The summed E-state index contributed by atoms with van der Waals surface area (Å²) >= 11 is 5.90. The van der Waals surface area contributed by atoms with Crippen molar-refractivity contribution < 1.29 is 9.53 Å². The van der Waals surface area contributed by atoms with Gasteiger partial charge in [-0.15, -0.1) is 0 Å². The molecule has 3 aromatic carbocycles. The van der Waals surface area contributed by atoms with E-state index in [-0.39, 0.29) is 11.5 Å². The van der Waals surface area contributed by atoms with Crippen LogP contribution in [-0.2, 0) is 0 Å². The van der Waals surface area contributed by atoms with Crippen LogP contribution >= 0.6 is 11.6 Å². The monoisotopic (exact) mass is 488 g/mol. The van der Waals surface area contributed by atoms with E-state index in [1.54, 1.807) is 30.3 Å². The van der Waals surface area contributed by atoms with E-state index >= 15 is 0 Å². The van der Waals surface area contributed by atoms with Crippen molar-refractivity contribution in [1.82, 2.24) is 19.4 Å². The predicted octanol–water partition coefficient (Wildman–Crippen LogP) is 3.88. The third-order valence-corrected chi connectivity index (χ3v) is 6.46. The van der Waals surface area contributed by atoms with Crippen LogP contribution in [0.5, 0.6) is 5.75 Å². The summed E-state index contributed by atoms with van der Waals surface area (Å²) in [6.07, 6.45) is 1.53. The van der Waals surface area contributed by atoms with Crippen LogP contribution in [0.15, 0.2) is 83.9 Å². The van der Waals surface area contributed by atoms with Crippen LogP contribution in [0.25, 0.3) is 16.6 Å². The maximum absolute atomic E-state index is 13.0. The molecule has 1 aromatic heterocycles. The average molecular weight is 489 g/mol. The van der Waals surface area contributed by atoms with Crippen molar-refractivity contribution in [1.29, 1.82) is 0 Å². The van der Waals surface area contributed by atoms with Gasteiger partial charge in [0.2, 0.25) is 0 Å². The summed E-state index contributed by atoms with van der Waals surface area (Å²) in [5.74, 6) is 0.797. The minimum absolute atomic E-state index is 0.00222. The quantitative estimate of drug-likeness (QED) is 0.412. The summed E-state index contributed by atoms with van der Waals surface area (Å²) in [4.78, 5) is 34.4. The van der Waals surface area contributed by atoms with Crippen LogP contribution in [0.4, 0.5) is 0 Å². The first kappa shape index (κ1) is 23.1. The number of para-hydroxylation sites is 1. The number of ether oxygens (including phenoxy) is 1. The van der Waals surface area contributed by atoms with Crippen molar-refractivity contribution >= 4 is 28.4 Å². The smallest absolute Gasteiger partial charge is 0.265 e. The van der Waals surface area contributed by atoms with Gasteiger partial charge in [-0.3, -0.25) is 19.1 Å². The average Bonchev–Trinajstić information content (AvgIpc) is 2.90. The van der Waals surface area contributed by atoms with E-state index in [2.05, 4.69) is 9.88 Å². The number of aromatic nitrogens is 2. The molecule has 1 fully saturated rings. The summed E-state index contributed by atoms with van der Waals surface area (Å²) in [6.45, 7) is 4.30. The molecule has 8 heteroatoms. The topological polar surface area (TPSA) is 67.7 Å². The van der Waals surface area contributed by atoms with Crippen molar-refractivity contribution in [2.75, 3.05) is 39.3 Å². The molecule has 7 nitrogen and oxygen atoms in total. The number of piperazine rings is 1. The second kappa shape index (κ2) is 10.3. The predicted molar refractivity (Wildman–Crippen MR) is 137 cm³/mol. The minimum Gasteiger partial charge on any atom is -0.492 e. The van der Waals surface area contributed by atoms with Crippen LogP contribution in [0.3, 0.4) is 0 Å². The summed E-state index contributed by atoms with van der Waals surface area (Å²) in [7, 11) is 0. The zero-order valence-electron chi connectivity index (χ0n) is 19.1. The number of fused-ring (bicyclic) bond motifs is 1. The molecule has 0 atom stereocenters. The number of amides is 1. The largest absolute Gasteiger partial charge is 0.492 e. The number of carbonyl (C=O) groups is 1. The van der Waals surface area contributed by atoms with Gasteiger partial charge < -0.3 is 9.64 Å². The van der Waals surface area contributed by atoms with Crippen molar-refractivity contribution in [2.24, 2.45) is 0 Å². The lowest BCUT2D eigenvalue weighted by Gasteiger charge is -2.34. The highest BCUT2D eigenvalue weighted by molar-refractivity contribution is 6.30. The van der Waals surface area contributed by atoms with Crippen molar-refractivity contribution in [3.63, 3.8) is 0 Å². The van der Waals surface area contributed by atoms with E-state index in [9.17, 15) is 9.59 Å². The van der Waals surface area contributed by atoms with E-state index in [1.165, 1.54) is 10.9 Å². The van der Waals surface area contributed by atoms with Crippen LogP contribution in [0.1, 0.15) is 10.4 Å². The Labute approximate surface area is 208 Å². The number of nitrogens with zero attached hydrogens (tertiary/aromatic N) is 4. The Bertz CT molecular complexity index is 1380. The fourth-order valence-electron chi connectivity index (χ4n) is 4.20. The van der Waals surface area contributed by atoms with Gasteiger partial charge in [0.05, 0.1) is 16.6 Å². The number of carbonyl (C=O) groups excluding carboxylic acids is 1. The van der Waals surface area contributed by atoms with Crippen molar-refractivity contribution in [2.45, 2.75) is 0 Å². The van der Waals surface area contributed by atoms with Gasteiger partial charge in [0.15, 0.2) is 0 Å². The van der Waals surface area contributed by atoms with Crippen LogP contribution < -0.4 is 10.3 Å². The fraction of sp³-hybridized carbons (Fsp3) is 0.222. The summed E-state index contributed by atoms with van der Waals surface area (Å²) in [5.41, 5.74) is 1.81. The van der Waals surface area contributed by atoms with Gasteiger partial charge in [0.25, 0.3) is 11.5 Å². The van der Waals surface area contributed by atoms with Gasteiger partial charge >= 0.3 is 0 Å². The second-order valence-corrected chi connectivity index (χ2v) is 8.86. The molecule has 1 saturated heterocycles. The summed E-state index contributed by atoms with van der Waals surface area (Å²) in [5, 5.41) is 1.25.